The number of rotatable bonds is 3. The van der Waals surface area contributed by atoms with Gasteiger partial charge in [0, 0.05) is 27.9 Å². The van der Waals surface area contributed by atoms with Crippen molar-refractivity contribution in [2.75, 3.05) is 14.2 Å². The lowest BCUT2D eigenvalue weighted by molar-refractivity contribution is -0.136. The Bertz CT molecular complexity index is 832. The summed E-state index contributed by atoms with van der Waals surface area (Å²) >= 11 is 0. The molecule has 1 atom stereocenters. The second-order valence-corrected chi connectivity index (χ2v) is 7.44. The molecule has 1 heterocycles. The lowest BCUT2D eigenvalue weighted by Gasteiger charge is -2.39. The van der Waals surface area contributed by atoms with Crippen LogP contribution in [0, 0.1) is 5.41 Å². The number of para-hydroxylation sites is 1. The highest BCUT2D eigenvalue weighted by Gasteiger charge is 2.45. The molecule has 1 N–H and O–H groups in total. The van der Waals surface area contributed by atoms with E-state index in [2.05, 4.69) is 5.32 Å². The Balaban J connectivity index is 2.27. The fourth-order valence-corrected chi connectivity index (χ4v) is 3.87. The van der Waals surface area contributed by atoms with Crippen LogP contribution in [0.2, 0.25) is 0 Å². The maximum absolute atomic E-state index is 13.3. The van der Waals surface area contributed by atoms with Crippen molar-refractivity contribution in [3.63, 3.8) is 0 Å². The number of carbonyl (C=O) groups is 2. The van der Waals surface area contributed by atoms with E-state index in [-0.39, 0.29) is 5.78 Å². The lowest BCUT2D eigenvalue weighted by atomic mass is 9.67. The van der Waals surface area contributed by atoms with Crippen LogP contribution in [0.5, 0.6) is 5.75 Å². The van der Waals surface area contributed by atoms with Gasteiger partial charge in [0.05, 0.1) is 25.7 Å². The Morgan fingerprint density at radius 2 is 1.92 bits per heavy atom. The van der Waals surface area contributed by atoms with Crippen molar-refractivity contribution in [3.8, 4) is 5.75 Å². The van der Waals surface area contributed by atoms with Crippen LogP contribution >= 0.6 is 0 Å². The van der Waals surface area contributed by atoms with Gasteiger partial charge in [-0.3, -0.25) is 4.79 Å². The summed E-state index contributed by atoms with van der Waals surface area (Å²) < 4.78 is 10.6. The van der Waals surface area contributed by atoms with E-state index in [0.717, 1.165) is 29.8 Å². The molecule has 1 unspecified atom stereocenters. The van der Waals surface area contributed by atoms with Gasteiger partial charge in [-0.15, -0.1) is 0 Å². The molecule has 2 aliphatic rings. The van der Waals surface area contributed by atoms with Crippen molar-refractivity contribution < 1.29 is 19.1 Å². The van der Waals surface area contributed by atoms with Gasteiger partial charge in [0.1, 0.15) is 5.75 Å². The van der Waals surface area contributed by atoms with Crippen LogP contribution in [-0.2, 0) is 14.3 Å². The molecule has 0 saturated heterocycles. The Morgan fingerprint density at radius 3 is 2.58 bits per heavy atom. The Labute approximate surface area is 154 Å². The maximum atomic E-state index is 13.3. The number of esters is 1. The number of ether oxygens (including phenoxy) is 2. The summed E-state index contributed by atoms with van der Waals surface area (Å²) in [7, 11) is 2.95. The Hall–Kier alpha value is -2.56. The van der Waals surface area contributed by atoms with Gasteiger partial charge in [-0.05, 0) is 25.8 Å². The van der Waals surface area contributed by atoms with E-state index >= 15 is 0 Å². The Morgan fingerprint density at radius 1 is 1.23 bits per heavy atom. The van der Waals surface area contributed by atoms with Crippen molar-refractivity contribution in [1.82, 2.24) is 5.32 Å². The lowest BCUT2D eigenvalue weighted by Crippen LogP contribution is -2.40. The molecule has 0 amide bonds. The van der Waals surface area contributed by atoms with Gasteiger partial charge < -0.3 is 14.8 Å². The zero-order valence-corrected chi connectivity index (χ0v) is 15.9. The zero-order valence-electron chi connectivity index (χ0n) is 15.9. The smallest absolute Gasteiger partial charge is 0.336 e. The third kappa shape index (κ3) is 2.81. The molecule has 5 nitrogen and oxygen atoms in total. The van der Waals surface area contributed by atoms with E-state index in [1.165, 1.54) is 7.11 Å². The van der Waals surface area contributed by atoms with Crippen molar-refractivity contribution in [2.24, 2.45) is 5.41 Å². The van der Waals surface area contributed by atoms with E-state index in [9.17, 15) is 9.59 Å². The number of ketones is 1. The SMILES string of the molecule is COC(=O)C1=C(C)NC2=C(C(=O)C(C)(C)CC2)C1c1ccccc1OC. The van der Waals surface area contributed by atoms with Crippen LogP contribution in [0.3, 0.4) is 0 Å². The number of dihydropyridines is 1. The van der Waals surface area contributed by atoms with Gasteiger partial charge in [0.25, 0.3) is 0 Å². The topological polar surface area (TPSA) is 64.6 Å². The van der Waals surface area contributed by atoms with Crippen LogP contribution in [0.25, 0.3) is 0 Å². The van der Waals surface area contributed by atoms with E-state index in [1.54, 1.807) is 7.11 Å². The van der Waals surface area contributed by atoms with Crippen molar-refractivity contribution in [3.05, 3.63) is 52.4 Å². The second-order valence-electron chi connectivity index (χ2n) is 7.44. The molecule has 26 heavy (non-hydrogen) atoms. The third-order valence-electron chi connectivity index (χ3n) is 5.36. The average Bonchev–Trinajstić information content (AvgIpc) is 2.63. The fourth-order valence-electron chi connectivity index (χ4n) is 3.87. The summed E-state index contributed by atoms with van der Waals surface area (Å²) in [6, 6.07) is 7.52. The number of allylic oxidation sites excluding steroid dienone is 3. The minimum absolute atomic E-state index is 0.0658. The highest BCUT2D eigenvalue weighted by molar-refractivity contribution is 6.06. The molecule has 1 aliphatic carbocycles. The maximum Gasteiger partial charge on any atom is 0.336 e. The minimum Gasteiger partial charge on any atom is -0.496 e. The highest BCUT2D eigenvalue weighted by Crippen LogP contribution is 2.48. The van der Waals surface area contributed by atoms with Gasteiger partial charge in [-0.1, -0.05) is 32.0 Å². The first-order valence-electron chi connectivity index (χ1n) is 8.78. The molecule has 0 aromatic heterocycles. The molecule has 0 saturated carbocycles. The average molecular weight is 355 g/mol. The van der Waals surface area contributed by atoms with Crippen molar-refractivity contribution in [2.45, 2.75) is 39.5 Å². The first-order chi connectivity index (χ1) is 12.3. The van der Waals surface area contributed by atoms with Gasteiger partial charge in [0.15, 0.2) is 5.78 Å². The number of hydrogen-bond donors (Lipinski definition) is 1. The van der Waals surface area contributed by atoms with Crippen molar-refractivity contribution >= 4 is 11.8 Å². The standard InChI is InChI=1S/C21H25NO4/c1-12-16(20(24)26-5)17(13-8-6-7-9-15(13)25-4)18-14(22-12)10-11-21(2,3)19(18)23/h6-9,17,22H,10-11H2,1-5H3. The second kappa shape index (κ2) is 6.63. The molecule has 3 rings (SSSR count). The first-order valence-corrected chi connectivity index (χ1v) is 8.78. The molecular formula is C21H25NO4. The van der Waals surface area contributed by atoms with E-state index in [1.807, 2.05) is 45.0 Å². The molecule has 0 spiro atoms. The predicted octanol–water partition coefficient (Wildman–Crippen LogP) is 3.47. The van der Waals surface area contributed by atoms with Gasteiger partial charge in [-0.25, -0.2) is 4.79 Å². The molecule has 1 aliphatic heterocycles. The van der Waals surface area contributed by atoms with Crippen LogP contribution in [0.1, 0.15) is 45.1 Å². The molecule has 5 heteroatoms. The van der Waals surface area contributed by atoms with Gasteiger partial charge >= 0.3 is 5.97 Å². The Kier molecular flexibility index (Phi) is 4.65. The van der Waals surface area contributed by atoms with Crippen molar-refractivity contribution in [1.29, 1.82) is 0 Å². The summed E-state index contributed by atoms with van der Waals surface area (Å²) in [5, 5.41) is 3.29. The monoisotopic (exact) mass is 355 g/mol. The number of carbonyl (C=O) groups excluding carboxylic acids is 2. The minimum atomic E-state index is -0.498. The predicted molar refractivity (Wildman–Crippen MR) is 98.6 cm³/mol. The molecule has 1 aromatic carbocycles. The van der Waals surface area contributed by atoms with E-state index < -0.39 is 17.3 Å². The molecule has 0 radical (unpaired) electrons. The molecular weight excluding hydrogens is 330 g/mol. The van der Waals surface area contributed by atoms with Crippen LogP contribution < -0.4 is 10.1 Å². The molecule has 0 fully saturated rings. The summed E-state index contributed by atoms with van der Waals surface area (Å²) in [6.45, 7) is 5.77. The summed E-state index contributed by atoms with van der Waals surface area (Å²) in [6.07, 6.45) is 1.54. The largest absolute Gasteiger partial charge is 0.496 e. The summed E-state index contributed by atoms with van der Waals surface area (Å²) in [5.41, 5.74) is 3.07. The fraction of sp³-hybridized carbons (Fsp3) is 0.429. The summed E-state index contributed by atoms with van der Waals surface area (Å²) in [4.78, 5) is 25.9. The number of hydrogen-bond acceptors (Lipinski definition) is 5. The van der Waals surface area contributed by atoms with Gasteiger partial charge in [0.2, 0.25) is 0 Å². The van der Waals surface area contributed by atoms with E-state index in [4.69, 9.17) is 9.47 Å². The van der Waals surface area contributed by atoms with Crippen LogP contribution in [0.15, 0.2) is 46.8 Å². The van der Waals surface area contributed by atoms with E-state index in [0.29, 0.717) is 16.9 Å². The zero-order chi connectivity index (χ0) is 19.1. The van der Waals surface area contributed by atoms with Crippen LogP contribution in [0.4, 0.5) is 0 Å². The van der Waals surface area contributed by atoms with Crippen LogP contribution in [-0.4, -0.2) is 26.0 Å². The third-order valence-corrected chi connectivity index (χ3v) is 5.36. The quantitative estimate of drug-likeness (QED) is 0.841. The highest BCUT2D eigenvalue weighted by atomic mass is 16.5. The first kappa shape index (κ1) is 18.2. The summed E-state index contributed by atoms with van der Waals surface area (Å²) in [5.74, 6) is -0.219. The normalized spacial score (nSPS) is 21.9. The number of benzene rings is 1. The number of Topliss-reactive ketones (excluding diaryl/α,β-unsaturated/α-hetero) is 1. The van der Waals surface area contributed by atoms with Gasteiger partial charge in [-0.2, -0.15) is 0 Å². The number of nitrogens with one attached hydrogen (secondary N) is 1. The molecule has 0 bridgehead atoms. The molecule has 1 aromatic rings. The molecule has 138 valence electrons. The number of methoxy groups -OCH3 is 2.